The summed E-state index contributed by atoms with van der Waals surface area (Å²) >= 11 is 0. The van der Waals surface area contributed by atoms with Crippen LogP contribution in [0.1, 0.15) is 45.6 Å². The molecule has 32 heavy (non-hydrogen) atoms. The van der Waals surface area contributed by atoms with Crippen molar-refractivity contribution in [2.24, 2.45) is 11.3 Å². The van der Waals surface area contributed by atoms with E-state index in [2.05, 4.69) is 36.1 Å². The summed E-state index contributed by atoms with van der Waals surface area (Å²) in [5, 5.41) is 5.47. The lowest BCUT2D eigenvalue weighted by atomic mass is 9.64. The predicted octanol–water partition coefficient (Wildman–Crippen LogP) is 3.05. The molecule has 2 N–H and O–H groups in total. The van der Waals surface area contributed by atoms with Gasteiger partial charge in [-0.3, -0.25) is 14.5 Å². The fourth-order valence-corrected chi connectivity index (χ4v) is 5.07. The number of carbonyl (C=O) groups excluding carboxylic acids is 3. The van der Waals surface area contributed by atoms with Crippen LogP contribution in [0.15, 0.2) is 18.2 Å². The first-order valence-corrected chi connectivity index (χ1v) is 10.5. The summed E-state index contributed by atoms with van der Waals surface area (Å²) in [5.41, 5.74) is -0.488. The minimum absolute atomic E-state index is 0.0585. The van der Waals surface area contributed by atoms with Gasteiger partial charge in [-0.25, -0.2) is 4.79 Å². The van der Waals surface area contributed by atoms with Crippen LogP contribution in [0.25, 0.3) is 0 Å². The van der Waals surface area contributed by atoms with Crippen molar-refractivity contribution >= 4 is 17.8 Å². The van der Waals surface area contributed by atoms with Crippen molar-refractivity contribution < 1.29 is 32.6 Å². The number of benzene rings is 1. The average Bonchev–Trinajstić information content (AvgIpc) is 2.88. The second-order valence-electron chi connectivity index (χ2n) is 9.40. The highest BCUT2D eigenvalue weighted by atomic mass is 19.3. The number of hydrogen-bond donors (Lipinski definition) is 2. The Morgan fingerprint density at radius 2 is 2.00 bits per heavy atom. The minimum atomic E-state index is -2.99. The molecule has 2 fully saturated rings. The number of urea groups is 1. The lowest BCUT2D eigenvalue weighted by molar-refractivity contribution is -0.137. The Hall–Kier alpha value is -2.91. The van der Waals surface area contributed by atoms with E-state index in [0.29, 0.717) is 18.4 Å². The van der Waals surface area contributed by atoms with Gasteiger partial charge in [-0.15, -0.1) is 0 Å². The van der Waals surface area contributed by atoms with Crippen molar-refractivity contribution in [3.8, 4) is 11.5 Å². The number of nitrogens with zero attached hydrogens (tertiary/aromatic N) is 1. The second-order valence-corrected chi connectivity index (χ2v) is 9.40. The molecule has 0 radical (unpaired) electrons. The maximum Gasteiger partial charge on any atom is 0.387 e. The molecule has 4 amide bonds. The van der Waals surface area contributed by atoms with E-state index in [4.69, 9.17) is 4.74 Å². The van der Waals surface area contributed by atoms with Crippen molar-refractivity contribution in [1.29, 1.82) is 0 Å². The minimum Gasteiger partial charge on any atom is -0.493 e. The number of amides is 4. The summed E-state index contributed by atoms with van der Waals surface area (Å²) < 4.78 is 34.3. The van der Waals surface area contributed by atoms with E-state index >= 15 is 0 Å². The molecule has 1 aromatic rings. The molecule has 3 rings (SSSR count). The molecule has 8 nitrogen and oxygen atoms in total. The van der Waals surface area contributed by atoms with Crippen LogP contribution in [0.2, 0.25) is 0 Å². The van der Waals surface area contributed by atoms with E-state index in [1.165, 1.54) is 25.3 Å². The molecule has 1 aliphatic heterocycles. The molecule has 1 saturated heterocycles. The number of imide groups is 1. The molecule has 2 unspecified atom stereocenters. The van der Waals surface area contributed by atoms with Gasteiger partial charge in [0.1, 0.15) is 12.1 Å². The van der Waals surface area contributed by atoms with Crippen LogP contribution in [0, 0.1) is 11.3 Å². The number of nitrogens with one attached hydrogen (secondary N) is 2. The molecule has 176 valence electrons. The van der Waals surface area contributed by atoms with Gasteiger partial charge in [0.05, 0.1) is 7.11 Å². The van der Waals surface area contributed by atoms with Crippen LogP contribution in [0.3, 0.4) is 0 Å². The zero-order valence-corrected chi connectivity index (χ0v) is 18.7. The molecule has 1 aromatic carbocycles. The summed E-state index contributed by atoms with van der Waals surface area (Å²) in [5.74, 6) is -0.634. The van der Waals surface area contributed by atoms with Gasteiger partial charge in [0.25, 0.3) is 5.91 Å². The molecule has 1 heterocycles. The SMILES string of the molecule is COc1cc(CNC(=O)CN2C(=O)NC3(CC(C)CC(C)(C)C3)C2=O)ccc1OC(F)F. The van der Waals surface area contributed by atoms with Gasteiger partial charge in [0.2, 0.25) is 5.91 Å². The first kappa shape index (κ1) is 23.7. The number of rotatable bonds is 7. The van der Waals surface area contributed by atoms with Crippen molar-refractivity contribution in [2.45, 2.75) is 58.7 Å². The molecule has 1 spiro atoms. The fourth-order valence-electron chi connectivity index (χ4n) is 5.07. The molecule has 2 aliphatic rings. The van der Waals surface area contributed by atoms with Crippen LogP contribution in [0.5, 0.6) is 11.5 Å². The van der Waals surface area contributed by atoms with E-state index in [9.17, 15) is 23.2 Å². The molecule has 1 aliphatic carbocycles. The number of halogens is 2. The summed E-state index contributed by atoms with van der Waals surface area (Å²) in [7, 11) is 1.32. The van der Waals surface area contributed by atoms with Gasteiger partial charge < -0.3 is 20.1 Å². The lowest BCUT2D eigenvalue weighted by Gasteiger charge is -2.43. The summed E-state index contributed by atoms with van der Waals surface area (Å²) in [4.78, 5) is 39.0. The van der Waals surface area contributed by atoms with E-state index in [1.807, 2.05) is 0 Å². The van der Waals surface area contributed by atoms with Crippen molar-refractivity contribution in [3.63, 3.8) is 0 Å². The summed E-state index contributed by atoms with van der Waals surface area (Å²) in [6.07, 6.45) is 2.04. The largest absolute Gasteiger partial charge is 0.493 e. The molecule has 1 saturated carbocycles. The highest BCUT2D eigenvalue weighted by Crippen LogP contribution is 2.46. The second kappa shape index (κ2) is 8.91. The van der Waals surface area contributed by atoms with E-state index in [0.717, 1.165) is 11.3 Å². The normalized spacial score (nSPS) is 24.6. The van der Waals surface area contributed by atoms with Crippen LogP contribution in [-0.4, -0.2) is 48.6 Å². The molecule has 10 heteroatoms. The van der Waals surface area contributed by atoms with Crippen molar-refractivity contribution in [2.75, 3.05) is 13.7 Å². The zero-order valence-electron chi connectivity index (χ0n) is 18.7. The third kappa shape index (κ3) is 5.11. The standard InChI is InChI=1S/C22H29F2N3O5/c1-13-8-21(2,3)12-22(9-13)18(29)27(20(30)26-22)11-17(28)25-10-14-5-6-15(32-19(23)24)16(7-14)31-4/h5-7,13,19H,8-12H2,1-4H3,(H,25,28)(H,26,30). The third-order valence-electron chi connectivity index (χ3n) is 5.86. The number of carbonyl (C=O) groups is 3. The maximum atomic E-state index is 13.1. The van der Waals surface area contributed by atoms with Gasteiger partial charge in [0.15, 0.2) is 11.5 Å². The average molecular weight is 453 g/mol. The Bertz CT molecular complexity index is 908. The Kier molecular flexibility index (Phi) is 6.61. The van der Waals surface area contributed by atoms with Gasteiger partial charge >= 0.3 is 12.6 Å². The molecule has 0 aromatic heterocycles. The maximum absolute atomic E-state index is 13.1. The van der Waals surface area contributed by atoms with Crippen LogP contribution in [0.4, 0.5) is 13.6 Å². The van der Waals surface area contributed by atoms with Gasteiger partial charge in [0, 0.05) is 6.54 Å². The third-order valence-corrected chi connectivity index (χ3v) is 5.86. The first-order valence-electron chi connectivity index (χ1n) is 10.5. The zero-order chi connectivity index (χ0) is 23.7. The predicted molar refractivity (Wildman–Crippen MR) is 111 cm³/mol. The van der Waals surface area contributed by atoms with Crippen LogP contribution < -0.4 is 20.1 Å². The van der Waals surface area contributed by atoms with Gasteiger partial charge in [-0.1, -0.05) is 26.8 Å². The number of hydrogen-bond acceptors (Lipinski definition) is 5. The Balaban J connectivity index is 1.62. The lowest BCUT2D eigenvalue weighted by Crippen LogP contribution is -2.54. The highest BCUT2D eigenvalue weighted by Gasteiger charge is 2.56. The fraction of sp³-hybridized carbons (Fsp3) is 0.591. The Labute approximate surface area is 185 Å². The Morgan fingerprint density at radius 1 is 1.28 bits per heavy atom. The molecule has 2 atom stereocenters. The van der Waals surface area contributed by atoms with E-state index in [1.54, 1.807) is 0 Å². The topological polar surface area (TPSA) is 97.0 Å². The smallest absolute Gasteiger partial charge is 0.387 e. The quantitative estimate of drug-likeness (QED) is 0.619. The highest BCUT2D eigenvalue weighted by molar-refractivity contribution is 6.09. The van der Waals surface area contributed by atoms with Crippen LogP contribution >= 0.6 is 0 Å². The van der Waals surface area contributed by atoms with Gasteiger partial charge in [-0.2, -0.15) is 8.78 Å². The van der Waals surface area contributed by atoms with E-state index < -0.39 is 30.6 Å². The number of ether oxygens (including phenoxy) is 2. The number of methoxy groups -OCH3 is 1. The molecule has 0 bridgehead atoms. The first-order chi connectivity index (χ1) is 14.9. The Morgan fingerprint density at radius 3 is 2.62 bits per heavy atom. The monoisotopic (exact) mass is 453 g/mol. The van der Waals surface area contributed by atoms with Gasteiger partial charge in [-0.05, 0) is 48.3 Å². The van der Waals surface area contributed by atoms with Crippen LogP contribution in [-0.2, 0) is 16.1 Å². The molecular formula is C22H29F2N3O5. The van der Waals surface area contributed by atoms with E-state index in [-0.39, 0.29) is 35.3 Å². The summed E-state index contributed by atoms with van der Waals surface area (Å²) in [6.45, 7) is 2.88. The summed E-state index contributed by atoms with van der Waals surface area (Å²) in [6, 6.07) is 3.73. The number of alkyl halides is 2. The van der Waals surface area contributed by atoms with Crippen molar-refractivity contribution in [1.82, 2.24) is 15.5 Å². The molecular weight excluding hydrogens is 424 g/mol. The van der Waals surface area contributed by atoms with Crippen molar-refractivity contribution in [3.05, 3.63) is 23.8 Å².